The van der Waals surface area contributed by atoms with Crippen LogP contribution in [0.15, 0.2) is 24.3 Å². The minimum Gasteiger partial charge on any atom is -0.396 e. The van der Waals surface area contributed by atoms with Crippen molar-refractivity contribution in [1.82, 2.24) is 4.90 Å². The Morgan fingerprint density at radius 1 is 1.05 bits per heavy atom. The minimum absolute atomic E-state index is 0.0790. The highest BCUT2D eigenvalue weighted by atomic mass is 127. The molecule has 1 amide bonds. The van der Waals surface area contributed by atoms with Crippen LogP contribution in [-0.2, 0) is 0 Å². The summed E-state index contributed by atoms with van der Waals surface area (Å²) in [7, 11) is 0. The molecule has 0 aliphatic rings. The van der Waals surface area contributed by atoms with Crippen molar-refractivity contribution >= 4 is 28.5 Å². The van der Waals surface area contributed by atoms with E-state index in [0.29, 0.717) is 13.0 Å². The first-order valence-electron chi connectivity index (χ1n) is 7.84. The lowest BCUT2D eigenvalue weighted by Crippen LogP contribution is -2.33. The number of nitrogens with zero attached hydrogens (tertiary/aromatic N) is 1. The molecule has 0 radical (unpaired) electrons. The quantitative estimate of drug-likeness (QED) is 0.472. The van der Waals surface area contributed by atoms with E-state index in [-0.39, 0.29) is 12.5 Å². The first-order chi connectivity index (χ1) is 10.2. The number of amides is 1. The van der Waals surface area contributed by atoms with Crippen molar-refractivity contribution in [2.45, 2.75) is 45.4 Å². The van der Waals surface area contributed by atoms with E-state index in [1.165, 1.54) is 25.7 Å². The van der Waals surface area contributed by atoms with Crippen LogP contribution < -0.4 is 0 Å². The average Bonchev–Trinajstić information content (AvgIpc) is 2.50. The molecule has 0 saturated carbocycles. The molecule has 1 aromatic rings. The van der Waals surface area contributed by atoms with Gasteiger partial charge in [-0.3, -0.25) is 4.79 Å². The number of halogens is 1. The second-order valence-electron chi connectivity index (χ2n) is 5.29. The van der Waals surface area contributed by atoms with Gasteiger partial charge in [0.1, 0.15) is 0 Å². The highest BCUT2D eigenvalue weighted by Crippen LogP contribution is 2.11. The molecule has 0 aliphatic heterocycles. The van der Waals surface area contributed by atoms with E-state index in [2.05, 4.69) is 29.5 Å². The summed E-state index contributed by atoms with van der Waals surface area (Å²) in [6, 6.07) is 7.68. The lowest BCUT2D eigenvalue weighted by atomic mass is 10.1. The van der Waals surface area contributed by atoms with E-state index in [0.717, 1.165) is 22.1 Å². The number of unbranched alkanes of at least 4 members (excludes halogenated alkanes) is 4. The van der Waals surface area contributed by atoms with E-state index >= 15 is 0 Å². The molecule has 21 heavy (non-hydrogen) atoms. The van der Waals surface area contributed by atoms with Crippen molar-refractivity contribution in [3.05, 3.63) is 33.4 Å². The lowest BCUT2D eigenvalue weighted by Gasteiger charge is -2.22. The predicted octanol–water partition coefficient (Wildman–Crippen LogP) is 4.09. The Morgan fingerprint density at radius 3 is 2.29 bits per heavy atom. The van der Waals surface area contributed by atoms with Crippen molar-refractivity contribution in [2.24, 2.45) is 0 Å². The fourth-order valence-electron chi connectivity index (χ4n) is 2.26. The van der Waals surface area contributed by atoms with Crippen molar-refractivity contribution in [1.29, 1.82) is 0 Å². The first-order valence-corrected chi connectivity index (χ1v) is 8.92. The zero-order valence-corrected chi connectivity index (χ0v) is 15.0. The van der Waals surface area contributed by atoms with Crippen molar-refractivity contribution in [3.63, 3.8) is 0 Å². The van der Waals surface area contributed by atoms with Crippen LogP contribution in [0.2, 0.25) is 0 Å². The van der Waals surface area contributed by atoms with E-state index in [4.69, 9.17) is 5.11 Å². The third-order valence-corrected chi connectivity index (χ3v) is 4.22. The second-order valence-corrected chi connectivity index (χ2v) is 6.54. The van der Waals surface area contributed by atoms with Gasteiger partial charge in [0.25, 0.3) is 5.91 Å². The molecule has 1 aromatic carbocycles. The molecule has 0 aromatic heterocycles. The van der Waals surface area contributed by atoms with Crippen LogP contribution in [0.25, 0.3) is 0 Å². The molecule has 0 saturated heterocycles. The summed E-state index contributed by atoms with van der Waals surface area (Å²) in [5.41, 5.74) is 0.738. The SMILES string of the molecule is CCCCCCCN(CCCO)C(=O)c1ccc(I)cc1. The summed E-state index contributed by atoms with van der Waals surface area (Å²) < 4.78 is 1.13. The number of aliphatic hydroxyl groups excluding tert-OH is 1. The molecule has 0 aliphatic carbocycles. The number of hydrogen-bond acceptors (Lipinski definition) is 2. The third kappa shape index (κ3) is 7.27. The zero-order valence-electron chi connectivity index (χ0n) is 12.9. The average molecular weight is 403 g/mol. The summed E-state index contributed by atoms with van der Waals surface area (Å²) in [5.74, 6) is 0.0790. The Kier molecular flexibility index (Phi) is 9.67. The van der Waals surface area contributed by atoms with Crippen molar-refractivity contribution in [3.8, 4) is 0 Å². The van der Waals surface area contributed by atoms with E-state index in [9.17, 15) is 4.79 Å². The maximum atomic E-state index is 12.5. The molecular formula is C17H26INO2. The summed E-state index contributed by atoms with van der Waals surface area (Å²) in [4.78, 5) is 14.4. The normalized spacial score (nSPS) is 10.6. The van der Waals surface area contributed by atoms with Crippen LogP contribution in [0, 0.1) is 3.57 Å². The molecule has 3 nitrogen and oxygen atoms in total. The van der Waals surface area contributed by atoms with Gasteiger partial charge in [0.2, 0.25) is 0 Å². The fraction of sp³-hybridized carbons (Fsp3) is 0.588. The molecule has 1 rings (SSSR count). The Morgan fingerprint density at radius 2 is 1.67 bits per heavy atom. The molecule has 0 unspecified atom stereocenters. The molecule has 118 valence electrons. The highest BCUT2D eigenvalue weighted by molar-refractivity contribution is 14.1. The number of hydrogen-bond donors (Lipinski definition) is 1. The molecule has 4 heteroatoms. The Labute approximate surface area is 141 Å². The third-order valence-electron chi connectivity index (χ3n) is 3.50. The van der Waals surface area contributed by atoms with Crippen molar-refractivity contribution in [2.75, 3.05) is 19.7 Å². The molecule has 0 atom stereocenters. The number of aliphatic hydroxyl groups is 1. The van der Waals surface area contributed by atoms with Gasteiger partial charge in [0.05, 0.1) is 0 Å². The van der Waals surface area contributed by atoms with Crippen LogP contribution in [0.1, 0.15) is 55.8 Å². The van der Waals surface area contributed by atoms with Crippen molar-refractivity contribution < 1.29 is 9.90 Å². The molecule has 0 heterocycles. The lowest BCUT2D eigenvalue weighted by molar-refractivity contribution is 0.0741. The number of benzene rings is 1. The number of carbonyl (C=O) groups excluding carboxylic acids is 1. The van der Waals surface area contributed by atoms with E-state index < -0.39 is 0 Å². The Hall–Kier alpha value is -0.620. The topological polar surface area (TPSA) is 40.5 Å². The van der Waals surface area contributed by atoms with Crippen LogP contribution in [0.3, 0.4) is 0 Å². The van der Waals surface area contributed by atoms with E-state index in [1.807, 2.05) is 29.2 Å². The van der Waals surface area contributed by atoms with Crippen LogP contribution in [0.4, 0.5) is 0 Å². The van der Waals surface area contributed by atoms with Gasteiger partial charge >= 0.3 is 0 Å². The largest absolute Gasteiger partial charge is 0.396 e. The predicted molar refractivity (Wildman–Crippen MR) is 95.5 cm³/mol. The Balaban J connectivity index is 2.54. The van der Waals surface area contributed by atoms with Gasteiger partial charge < -0.3 is 10.0 Å². The molecule has 0 bridgehead atoms. The van der Waals surface area contributed by atoms with Gasteiger partial charge in [-0.1, -0.05) is 32.6 Å². The zero-order chi connectivity index (χ0) is 15.5. The highest BCUT2D eigenvalue weighted by Gasteiger charge is 2.14. The van der Waals surface area contributed by atoms with Gasteiger partial charge in [0, 0.05) is 28.8 Å². The van der Waals surface area contributed by atoms with Crippen LogP contribution in [0.5, 0.6) is 0 Å². The maximum absolute atomic E-state index is 12.5. The van der Waals surface area contributed by atoms with Gasteiger partial charge in [-0.25, -0.2) is 0 Å². The van der Waals surface area contributed by atoms with Crippen LogP contribution >= 0.6 is 22.6 Å². The number of carbonyl (C=O) groups is 1. The van der Waals surface area contributed by atoms with Gasteiger partial charge in [0.15, 0.2) is 0 Å². The standard InChI is InChI=1S/C17H26INO2/c1-2-3-4-5-6-12-19(13-7-14-20)17(21)15-8-10-16(18)11-9-15/h8-11,20H,2-7,12-14H2,1H3. The monoisotopic (exact) mass is 403 g/mol. The molecular weight excluding hydrogens is 377 g/mol. The summed E-state index contributed by atoms with van der Waals surface area (Å²) in [5, 5.41) is 9.01. The second kappa shape index (κ2) is 11.0. The summed E-state index contributed by atoms with van der Waals surface area (Å²) >= 11 is 2.24. The molecule has 0 fully saturated rings. The molecule has 0 spiro atoms. The number of rotatable bonds is 10. The Bertz CT molecular complexity index is 406. The van der Waals surface area contributed by atoms with Gasteiger partial charge in [-0.15, -0.1) is 0 Å². The maximum Gasteiger partial charge on any atom is 0.253 e. The van der Waals surface area contributed by atoms with Gasteiger partial charge in [-0.05, 0) is 59.7 Å². The fourth-order valence-corrected chi connectivity index (χ4v) is 2.62. The summed E-state index contributed by atoms with van der Waals surface area (Å²) in [6.07, 6.45) is 6.59. The first kappa shape index (κ1) is 18.4. The minimum atomic E-state index is 0.0790. The molecule has 1 N–H and O–H groups in total. The smallest absolute Gasteiger partial charge is 0.253 e. The van der Waals surface area contributed by atoms with Gasteiger partial charge in [-0.2, -0.15) is 0 Å². The summed E-state index contributed by atoms with van der Waals surface area (Å²) in [6.45, 7) is 3.75. The van der Waals surface area contributed by atoms with E-state index in [1.54, 1.807) is 0 Å². The van der Waals surface area contributed by atoms with Crippen LogP contribution in [-0.4, -0.2) is 35.6 Å².